The number of carbonyl (C=O) groups is 1. The van der Waals surface area contributed by atoms with Crippen LogP contribution in [0.15, 0.2) is 78.9 Å². The van der Waals surface area contributed by atoms with Gasteiger partial charge in [0.2, 0.25) is 0 Å². The van der Waals surface area contributed by atoms with Gasteiger partial charge in [0, 0.05) is 6.42 Å². The van der Waals surface area contributed by atoms with Crippen LogP contribution in [0.25, 0.3) is 11.1 Å². The van der Waals surface area contributed by atoms with E-state index in [1.165, 1.54) is 0 Å². The first-order chi connectivity index (χ1) is 16.2. The van der Waals surface area contributed by atoms with Gasteiger partial charge in [-0.15, -0.1) is 0 Å². The fraction of sp³-hybridized carbons (Fsp3) is 0.321. The van der Waals surface area contributed by atoms with Crippen LogP contribution in [-0.2, 0) is 16.0 Å². The number of rotatable bonds is 11. The molecule has 1 fully saturated rings. The highest BCUT2D eigenvalue weighted by Gasteiger charge is 2.25. The minimum Gasteiger partial charge on any atom is -0.490 e. The van der Waals surface area contributed by atoms with Crippen LogP contribution < -0.4 is 9.47 Å². The standard InChI is InChI=1S/C28H30O5/c29-28(30)27(33-25-10-4-5-11-25)19-21-13-15-24(16-14-21)31-17-18-32-26-12-6-9-23(20-26)22-7-2-1-3-8-22/h1-3,6-9,12-16,20,25,27H,4-5,10-11,17-19H2,(H,29,30). The minimum absolute atomic E-state index is 0.0714. The Kier molecular flexibility index (Phi) is 7.99. The summed E-state index contributed by atoms with van der Waals surface area (Å²) in [4.78, 5) is 11.6. The summed E-state index contributed by atoms with van der Waals surface area (Å²) in [5.41, 5.74) is 3.18. The van der Waals surface area contributed by atoms with Crippen molar-refractivity contribution in [3.05, 3.63) is 84.4 Å². The number of ether oxygens (including phenoxy) is 3. The summed E-state index contributed by atoms with van der Waals surface area (Å²) in [5, 5.41) is 9.51. The van der Waals surface area contributed by atoms with E-state index in [-0.39, 0.29) is 6.10 Å². The van der Waals surface area contributed by atoms with Crippen LogP contribution in [-0.4, -0.2) is 36.5 Å². The third-order valence-electron chi connectivity index (χ3n) is 5.84. The molecule has 0 bridgehead atoms. The van der Waals surface area contributed by atoms with Crippen molar-refractivity contribution in [1.29, 1.82) is 0 Å². The predicted molar refractivity (Wildman–Crippen MR) is 128 cm³/mol. The highest BCUT2D eigenvalue weighted by molar-refractivity contribution is 5.72. The lowest BCUT2D eigenvalue weighted by atomic mass is 10.1. The molecule has 172 valence electrons. The lowest BCUT2D eigenvalue weighted by Crippen LogP contribution is -2.30. The Balaban J connectivity index is 1.23. The Morgan fingerprint density at radius 2 is 1.48 bits per heavy atom. The molecule has 4 rings (SSSR count). The van der Waals surface area contributed by atoms with Crippen LogP contribution in [0, 0.1) is 0 Å². The summed E-state index contributed by atoms with van der Waals surface area (Å²) in [6.45, 7) is 0.841. The van der Waals surface area contributed by atoms with Crippen LogP contribution in [0.5, 0.6) is 11.5 Å². The van der Waals surface area contributed by atoms with E-state index in [4.69, 9.17) is 14.2 Å². The lowest BCUT2D eigenvalue weighted by molar-refractivity contribution is -0.154. The van der Waals surface area contributed by atoms with E-state index in [0.717, 1.165) is 53.9 Å². The second kappa shape index (κ2) is 11.5. The molecule has 1 N–H and O–H groups in total. The van der Waals surface area contributed by atoms with Crippen molar-refractivity contribution in [2.45, 2.75) is 44.3 Å². The number of carboxylic acids is 1. The van der Waals surface area contributed by atoms with Crippen molar-refractivity contribution >= 4 is 5.97 Å². The van der Waals surface area contributed by atoms with E-state index < -0.39 is 12.1 Å². The topological polar surface area (TPSA) is 65.0 Å². The molecule has 1 saturated carbocycles. The molecule has 0 saturated heterocycles. The Bertz CT molecular complexity index is 1010. The molecule has 33 heavy (non-hydrogen) atoms. The molecule has 1 unspecified atom stereocenters. The molecule has 0 amide bonds. The minimum atomic E-state index is -0.907. The maximum atomic E-state index is 11.6. The maximum absolute atomic E-state index is 11.6. The summed E-state index contributed by atoms with van der Waals surface area (Å²) >= 11 is 0. The van der Waals surface area contributed by atoms with Crippen molar-refractivity contribution in [2.24, 2.45) is 0 Å². The zero-order valence-corrected chi connectivity index (χ0v) is 18.7. The Morgan fingerprint density at radius 1 is 0.818 bits per heavy atom. The monoisotopic (exact) mass is 446 g/mol. The number of benzene rings is 3. The van der Waals surface area contributed by atoms with Crippen molar-refractivity contribution < 1.29 is 24.1 Å². The first-order valence-corrected chi connectivity index (χ1v) is 11.6. The average molecular weight is 447 g/mol. The fourth-order valence-corrected chi connectivity index (χ4v) is 4.10. The van der Waals surface area contributed by atoms with E-state index in [1.807, 2.05) is 60.7 Å². The zero-order valence-electron chi connectivity index (χ0n) is 18.7. The number of hydrogen-bond acceptors (Lipinski definition) is 4. The van der Waals surface area contributed by atoms with E-state index >= 15 is 0 Å². The molecule has 1 aliphatic carbocycles. The van der Waals surface area contributed by atoms with Crippen LogP contribution in [0.3, 0.4) is 0 Å². The average Bonchev–Trinajstić information content (AvgIpc) is 3.36. The van der Waals surface area contributed by atoms with Crippen molar-refractivity contribution in [1.82, 2.24) is 0 Å². The zero-order chi connectivity index (χ0) is 22.9. The molecule has 1 aliphatic rings. The van der Waals surface area contributed by atoms with E-state index in [2.05, 4.69) is 18.2 Å². The maximum Gasteiger partial charge on any atom is 0.333 e. The molecule has 1 atom stereocenters. The first kappa shape index (κ1) is 22.9. The third-order valence-corrected chi connectivity index (χ3v) is 5.84. The van der Waals surface area contributed by atoms with Crippen LogP contribution in [0.1, 0.15) is 31.2 Å². The van der Waals surface area contributed by atoms with Crippen molar-refractivity contribution in [3.63, 3.8) is 0 Å². The second-order valence-electron chi connectivity index (χ2n) is 8.31. The Morgan fingerprint density at radius 3 is 2.18 bits per heavy atom. The van der Waals surface area contributed by atoms with Gasteiger partial charge in [0.1, 0.15) is 24.7 Å². The van der Waals surface area contributed by atoms with Gasteiger partial charge in [0.25, 0.3) is 0 Å². The summed E-state index contributed by atoms with van der Waals surface area (Å²) in [5.74, 6) is 0.622. The summed E-state index contributed by atoms with van der Waals surface area (Å²) in [7, 11) is 0. The quantitative estimate of drug-likeness (QED) is 0.379. The van der Waals surface area contributed by atoms with Gasteiger partial charge in [-0.3, -0.25) is 0 Å². The SMILES string of the molecule is O=C(O)C(Cc1ccc(OCCOc2cccc(-c3ccccc3)c2)cc1)OC1CCCC1. The molecule has 0 aliphatic heterocycles. The molecule has 5 nitrogen and oxygen atoms in total. The molecule has 0 spiro atoms. The van der Waals surface area contributed by atoms with Gasteiger partial charge in [-0.25, -0.2) is 4.79 Å². The molecule has 5 heteroatoms. The van der Waals surface area contributed by atoms with Gasteiger partial charge in [-0.05, 0) is 53.8 Å². The Hall–Kier alpha value is -3.31. The predicted octanol–water partition coefficient (Wildman–Crippen LogP) is 5.77. The number of hydrogen-bond donors (Lipinski definition) is 1. The van der Waals surface area contributed by atoms with Gasteiger partial charge < -0.3 is 19.3 Å². The highest BCUT2D eigenvalue weighted by atomic mass is 16.5. The van der Waals surface area contributed by atoms with Crippen LogP contribution in [0.4, 0.5) is 0 Å². The largest absolute Gasteiger partial charge is 0.490 e. The molecule has 0 radical (unpaired) electrons. The van der Waals surface area contributed by atoms with E-state index in [9.17, 15) is 9.90 Å². The molecule has 3 aromatic carbocycles. The molecule has 0 aromatic heterocycles. The first-order valence-electron chi connectivity index (χ1n) is 11.6. The molecule has 0 heterocycles. The van der Waals surface area contributed by atoms with Gasteiger partial charge in [0.05, 0.1) is 6.10 Å². The highest BCUT2D eigenvalue weighted by Crippen LogP contribution is 2.25. The smallest absolute Gasteiger partial charge is 0.333 e. The van der Waals surface area contributed by atoms with E-state index in [1.54, 1.807) is 0 Å². The summed E-state index contributed by atoms with van der Waals surface area (Å²) < 4.78 is 17.5. The fourth-order valence-electron chi connectivity index (χ4n) is 4.10. The van der Waals surface area contributed by atoms with Gasteiger partial charge in [-0.1, -0.05) is 67.4 Å². The number of carboxylic acid groups (broad SMARTS) is 1. The van der Waals surface area contributed by atoms with Crippen LogP contribution in [0.2, 0.25) is 0 Å². The summed E-state index contributed by atoms with van der Waals surface area (Å²) in [6, 6.07) is 25.7. The molecular weight excluding hydrogens is 416 g/mol. The molecular formula is C28H30O5. The second-order valence-corrected chi connectivity index (χ2v) is 8.31. The van der Waals surface area contributed by atoms with Gasteiger partial charge in [-0.2, -0.15) is 0 Å². The van der Waals surface area contributed by atoms with Crippen molar-refractivity contribution in [3.8, 4) is 22.6 Å². The third kappa shape index (κ3) is 6.83. The molecule has 3 aromatic rings. The van der Waals surface area contributed by atoms with Crippen molar-refractivity contribution in [2.75, 3.05) is 13.2 Å². The number of aliphatic carboxylic acids is 1. The lowest BCUT2D eigenvalue weighted by Gasteiger charge is -2.18. The van der Waals surface area contributed by atoms with Gasteiger partial charge in [0.15, 0.2) is 6.10 Å². The summed E-state index contributed by atoms with van der Waals surface area (Å²) in [6.07, 6.45) is 3.76. The Labute approximate surface area is 194 Å². The van der Waals surface area contributed by atoms with E-state index in [0.29, 0.717) is 19.6 Å². The van der Waals surface area contributed by atoms with Crippen LogP contribution >= 0.6 is 0 Å². The normalized spacial score (nSPS) is 14.7. The van der Waals surface area contributed by atoms with Gasteiger partial charge >= 0.3 is 5.97 Å².